The minimum absolute atomic E-state index is 0.297. The summed E-state index contributed by atoms with van der Waals surface area (Å²) in [5, 5.41) is 10.3. The summed E-state index contributed by atoms with van der Waals surface area (Å²) in [4.78, 5) is 2.26. The third-order valence-corrected chi connectivity index (χ3v) is 2.57. The van der Waals surface area contributed by atoms with Crippen LogP contribution in [0.15, 0.2) is 0 Å². The van der Waals surface area contributed by atoms with E-state index in [1.54, 1.807) is 0 Å². The van der Waals surface area contributed by atoms with Gasteiger partial charge < -0.3 is 20.2 Å². The van der Waals surface area contributed by atoms with Crippen molar-refractivity contribution in [3.63, 3.8) is 0 Å². The first-order valence-electron chi connectivity index (χ1n) is 5.15. The van der Waals surface area contributed by atoms with E-state index in [1.165, 1.54) is 0 Å². The first-order chi connectivity index (χ1) is 6.17. The van der Waals surface area contributed by atoms with Crippen molar-refractivity contribution in [2.45, 2.75) is 27.0 Å². The quantitative estimate of drug-likeness (QED) is 0.503. The molecule has 1 rings (SSSR count). The zero-order valence-electron chi connectivity index (χ0n) is 9.09. The molecule has 0 aliphatic carbocycles. The van der Waals surface area contributed by atoms with Gasteiger partial charge in [-0.05, 0) is 19.9 Å². The number of rotatable bonds is 3. The van der Waals surface area contributed by atoms with Crippen LogP contribution in [0.25, 0.3) is 0 Å². The highest BCUT2D eigenvalue weighted by atomic mass is 15.2. The zero-order valence-corrected chi connectivity index (χ0v) is 9.09. The number of nitrogens with one attached hydrogen (secondary N) is 3. The minimum Gasteiger partial charge on any atom is -0.371 e. The fourth-order valence-electron chi connectivity index (χ4n) is 1.55. The highest BCUT2D eigenvalue weighted by molar-refractivity contribution is 6.85. The largest absolute Gasteiger partial charge is 0.376 e. The molecule has 0 aromatic carbocycles. The lowest BCUT2D eigenvalue weighted by atomic mass is 9.52. The van der Waals surface area contributed by atoms with E-state index in [2.05, 4.69) is 47.9 Å². The minimum atomic E-state index is 0.297. The van der Waals surface area contributed by atoms with Crippen molar-refractivity contribution in [1.82, 2.24) is 20.2 Å². The van der Waals surface area contributed by atoms with Crippen LogP contribution in [0.1, 0.15) is 13.8 Å². The summed E-state index contributed by atoms with van der Waals surface area (Å²) >= 11 is 0. The summed E-state index contributed by atoms with van der Waals surface area (Å²) in [7, 11) is 2.42. The van der Waals surface area contributed by atoms with Crippen LogP contribution in [-0.2, 0) is 0 Å². The lowest BCUT2D eigenvalue weighted by Gasteiger charge is -2.35. The summed E-state index contributed by atoms with van der Waals surface area (Å²) in [6, 6.07) is 0. The van der Waals surface area contributed by atoms with E-state index >= 15 is 0 Å². The normalized spacial score (nSPS) is 18.7. The number of hydrogen-bond acceptors (Lipinski definition) is 4. The van der Waals surface area contributed by atoms with Gasteiger partial charge in [-0.2, -0.15) is 0 Å². The molecule has 1 saturated heterocycles. The monoisotopic (exact) mass is 180 g/mol. The summed E-state index contributed by atoms with van der Waals surface area (Å²) in [6.07, 6.45) is 1.11. The van der Waals surface area contributed by atoms with Crippen LogP contribution < -0.4 is 15.4 Å². The lowest BCUT2D eigenvalue weighted by molar-refractivity contribution is 0.536. The number of nitrogens with zero attached hydrogens (tertiary/aromatic N) is 1. The smallest absolute Gasteiger partial charge is 0.371 e. The molecule has 0 atom stereocenters. The molecular weight excluding hydrogens is 161 g/mol. The molecule has 0 unspecified atom stereocenters. The molecule has 1 aliphatic rings. The van der Waals surface area contributed by atoms with E-state index in [1.807, 2.05) is 0 Å². The van der Waals surface area contributed by atoms with Crippen LogP contribution in [0.3, 0.4) is 0 Å². The Labute approximate surface area is 82.6 Å². The summed E-state index contributed by atoms with van der Waals surface area (Å²) < 4.78 is 0. The first kappa shape index (κ1) is 11.1. The van der Waals surface area contributed by atoms with E-state index in [4.69, 9.17) is 0 Å². The van der Waals surface area contributed by atoms with Gasteiger partial charge in [-0.15, -0.1) is 0 Å². The van der Waals surface area contributed by atoms with Crippen molar-refractivity contribution < 1.29 is 0 Å². The SMILES string of the molecule is CCB1NB(C)NB(N(C)CC)N1. The Morgan fingerprint density at radius 3 is 2.38 bits per heavy atom. The third kappa shape index (κ3) is 3.02. The predicted molar refractivity (Wildman–Crippen MR) is 61.3 cm³/mol. The molecular formula is C6H19B3N4. The standard InChI is InChI=1S/C6H19B3N4/c1-5-8-10-7(3)11-9(12-8)13(4)6-2/h10-12H,5-6H2,1-4H3. The van der Waals surface area contributed by atoms with E-state index in [0.29, 0.717) is 21.1 Å². The third-order valence-electron chi connectivity index (χ3n) is 2.57. The molecule has 3 N–H and O–H groups in total. The topological polar surface area (TPSA) is 39.3 Å². The molecule has 0 radical (unpaired) electrons. The van der Waals surface area contributed by atoms with Crippen LogP contribution in [0.4, 0.5) is 0 Å². The van der Waals surface area contributed by atoms with Gasteiger partial charge in [-0.25, -0.2) is 0 Å². The molecule has 72 valence electrons. The van der Waals surface area contributed by atoms with Crippen molar-refractivity contribution in [2.24, 2.45) is 0 Å². The van der Waals surface area contributed by atoms with Gasteiger partial charge in [0.25, 0.3) is 14.0 Å². The highest BCUT2D eigenvalue weighted by Crippen LogP contribution is 1.94. The van der Waals surface area contributed by atoms with Gasteiger partial charge in [0, 0.05) is 0 Å². The maximum atomic E-state index is 3.49. The molecule has 0 saturated carbocycles. The lowest BCUT2D eigenvalue weighted by Crippen LogP contribution is -2.77. The first-order valence-corrected chi connectivity index (χ1v) is 5.15. The second-order valence-electron chi connectivity index (χ2n) is 3.66. The Balaban J connectivity index is 2.46. The predicted octanol–water partition coefficient (Wildman–Crippen LogP) is -0.668. The van der Waals surface area contributed by atoms with Gasteiger partial charge >= 0.3 is 7.12 Å². The molecule has 4 nitrogen and oxygen atoms in total. The van der Waals surface area contributed by atoms with Crippen molar-refractivity contribution in [3.05, 3.63) is 0 Å². The fourth-order valence-corrected chi connectivity index (χ4v) is 1.55. The highest BCUT2D eigenvalue weighted by Gasteiger charge is 2.33. The second kappa shape index (κ2) is 5.05. The summed E-state index contributed by atoms with van der Waals surface area (Å²) in [6.45, 7) is 8.36. The van der Waals surface area contributed by atoms with Gasteiger partial charge in [0.2, 0.25) is 0 Å². The average molecular weight is 180 g/mol. The molecule has 0 spiro atoms. The second-order valence-corrected chi connectivity index (χ2v) is 3.66. The van der Waals surface area contributed by atoms with E-state index in [0.717, 1.165) is 12.9 Å². The van der Waals surface area contributed by atoms with Crippen LogP contribution in [-0.4, -0.2) is 39.5 Å². The molecule has 0 aromatic rings. The Morgan fingerprint density at radius 2 is 1.85 bits per heavy atom. The molecule has 0 aromatic heterocycles. The van der Waals surface area contributed by atoms with Gasteiger partial charge in [0.1, 0.15) is 0 Å². The molecule has 0 bridgehead atoms. The van der Waals surface area contributed by atoms with Crippen LogP contribution in [0, 0.1) is 0 Å². The Bertz CT molecular complexity index is 159. The molecule has 7 heteroatoms. The molecule has 1 fully saturated rings. The van der Waals surface area contributed by atoms with Crippen molar-refractivity contribution in [1.29, 1.82) is 0 Å². The molecule has 13 heavy (non-hydrogen) atoms. The van der Waals surface area contributed by atoms with E-state index in [-0.39, 0.29) is 0 Å². The van der Waals surface area contributed by atoms with Crippen molar-refractivity contribution >= 4 is 21.1 Å². The van der Waals surface area contributed by atoms with Crippen LogP contribution in [0.2, 0.25) is 13.1 Å². The van der Waals surface area contributed by atoms with Gasteiger partial charge in [-0.3, -0.25) is 0 Å². The van der Waals surface area contributed by atoms with Gasteiger partial charge in [-0.1, -0.05) is 20.7 Å². The zero-order chi connectivity index (χ0) is 9.84. The van der Waals surface area contributed by atoms with Crippen LogP contribution in [0.5, 0.6) is 0 Å². The Kier molecular flexibility index (Phi) is 4.32. The van der Waals surface area contributed by atoms with Gasteiger partial charge in [0.15, 0.2) is 0 Å². The van der Waals surface area contributed by atoms with Crippen LogP contribution >= 0.6 is 0 Å². The van der Waals surface area contributed by atoms with Crippen molar-refractivity contribution in [3.8, 4) is 0 Å². The summed E-state index contributed by atoms with van der Waals surface area (Å²) in [5.74, 6) is 0. The van der Waals surface area contributed by atoms with Gasteiger partial charge in [0.05, 0.1) is 0 Å². The molecule has 1 heterocycles. The molecule has 1 aliphatic heterocycles. The Morgan fingerprint density at radius 1 is 1.15 bits per heavy atom. The number of hydrogen-bond donors (Lipinski definition) is 3. The average Bonchev–Trinajstić information content (AvgIpc) is 2.15. The van der Waals surface area contributed by atoms with E-state index in [9.17, 15) is 0 Å². The Hall–Kier alpha value is 0.0348. The maximum absolute atomic E-state index is 3.49. The molecule has 0 amide bonds. The fraction of sp³-hybridized carbons (Fsp3) is 1.00. The van der Waals surface area contributed by atoms with Crippen molar-refractivity contribution in [2.75, 3.05) is 13.6 Å². The van der Waals surface area contributed by atoms with E-state index < -0.39 is 0 Å². The summed E-state index contributed by atoms with van der Waals surface area (Å²) in [5.41, 5.74) is 0. The maximum Gasteiger partial charge on any atom is 0.376 e.